The van der Waals surface area contributed by atoms with Crippen LogP contribution >= 0.6 is 23.2 Å². The van der Waals surface area contributed by atoms with E-state index in [-0.39, 0.29) is 18.7 Å². The zero-order valence-corrected chi connectivity index (χ0v) is 14.7. The number of fused-ring (bicyclic) bond motifs is 1. The quantitative estimate of drug-likeness (QED) is 0.815. The zero-order valence-electron chi connectivity index (χ0n) is 13.2. The summed E-state index contributed by atoms with van der Waals surface area (Å²) in [4.78, 5) is 14.4. The number of hydrogen-bond donors (Lipinski definition) is 2. The summed E-state index contributed by atoms with van der Waals surface area (Å²) < 4.78 is 0. The van der Waals surface area contributed by atoms with E-state index in [1.807, 2.05) is 25.1 Å². The van der Waals surface area contributed by atoms with Crippen LogP contribution in [0.4, 0.5) is 10.5 Å². The first-order chi connectivity index (χ1) is 11.5. The lowest BCUT2D eigenvalue weighted by atomic mass is 9.90. The Kier molecular flexibility index (Phi) is 4.99. The number of anilines is 1. The van der Waals surface area contributed by atoms with Crippen LogP contribution in [-0.4, -0.2) is 22.6 Å². The molecule has 126 valence electrons. The van der Waals surface area contributed by atoms with Crippen molar-refractivity contribution in [2.24, 2.45) is 0 Å². The smallest absolute Gasteiger partial charge is 0.322 e. The van der Waals surface area contributed by atoms with Crippen LogP contribution in [-0.2, 0) is 13.0 Å². The van der Waals surface area contributed by atoms with Gasteiger partial charge in [-0.25, -0.2) is 4.79 Å². The van der Waals surface area contributed by atoms with Gasteiger partial charge in [-0.05, 0) is 42.2 Å². The van der Waals surface area contributed by atoms with Crippen molar-refractivity contribution in [3.63, 3.8) is 0 Å². The Labute approximate surface area is 151 Å². The summed E-state index contributed by atoms with van der Waals surface area (Å²) in [5.74, 6) is 0. The molecule has 2 aromatic rings. The summed E-state index contributed by atoms with van der Waals surface area (Å²) in [7, 11) is 0. The highest BCUT2D eigenvalue weighted by atomic mass is 35.5. The molecule has 2 aromatic carbocycles. The van der Waals surface area contributed by atoms with Crippen molar-refractivity contribution in [3.8, 4) is 0 Å². The van der Waals surface area contributed by atoms with E-state index < -0.39 is 0 Å². The second-order valence-corrected chi connectivity index (χ2v) is 6.60. The van der Waals surface area contributed by atoms with Crippen molar-refractivity contribution in [3.05, 3.63) is 63.1 Å². The highest BCUT2D eigenvalue weighted by molar-refractivity contribution is 6.39. The van der Waals surface area contributed by atoms with Crippen LogP contribution in [0.1, 0.15) is 29.7 Å². The number of halogens is 2. The number of urea groups is 1. The monoisotopic (exact) mass is 364 g/mol. The van der Waals surface area contributed by atoms with Gasteiger partial charge in [0.05, 0.1) is 28.4 Å². The molecule has 0 fully saturated rings. The fraction of sp³-hybridized carbons (Fsp3) is 0.278. The van der Waals surface area contributed by atoms with Crippen molar-refractivity contribution >= 4 is 34.9 Å². The molecule has 0 spiro atoms. The van der Waals surface area contributed by atoms with Crippen molar-refractivity contribution in [2.75, 3.05) is 11.9 Å². The number of rotatable bonds is 2. The lowest BCUT2D eigenvalue weighted by molar-refractivity contribution is 0.187. The van der Waals surface area contributed by atoms with Crippen molar-refractivity contribution in [1.82, 2.24) is 4.90 Å². The van der Waals surface area contributed by atoms with E-state index in [4.69, 9.17) is 23.2 Å². The molecule has 4 nitrogen and oxygen atoms in total. The molecule has 0 bridgehead atoms. The number of nitrogens with one attached hydrogen (secondary N) is 1. The third-order valence-electron chi connectivity index (χ3n) is 4.46. The van der Waals surface area contributed by atoms with Crippen LogP contribution in [0.3, 0.4) is 0 Å². The maximum Gasteiger partial charge on any atom is 0.322 e. The van der Waals surface area contributed by atoms with E-state index in [0.717, 1.165) is 16.7 Å². The molecule has 6 heteroatoms. The molecule has 1 unspecified atom stereocenters. The minimum atomic E-state index is -0.238. The maximum atomic E-state index is 12.7. The molecule has 1 heterocycles. The first-order valence-electron chi connectivity index (χ1n) is 7.76. The summed E-state index contributed by atoms with van der Waals surface area (Å²) in [5, 5.41) is 13.1. The zero-order chi connectivity index (χ0) is 17.3. The Morgan fingerprint density at radius 1 is 1.25 bits per heavy atom. The first kappa shape index (κ1) is 17.1. The van der Waals surface area contributed by atoms with E-state index >= 15 is 0 Å². The number of benzene rings is 2. The fourth-order valence-corrected chi connectivity index (χ4v) is 3.66. The van der Waals surface area contributed by atoms with Gasteiger partial charge in [0.2, 0.25) is 0 Å². The molecule has 0 saturated carbocycles. The molecule has 1 aliphatic heterocycles. The summed E-state index contributed by atoms with van der Waals surface area (Å²) in [5.41, 5.74) is 3.54. The Balaban J connectivity index is 1.84. The van der Waals surface area contributed by atoms with Crippen LogP contribution in [0.15, 0.2) is 36.4 Å². The molecule has 3 rings (SSSR count). The topological polar surface area (TPSA) is 52.6 Å². The van der Waals surface area contributed by atoms with Gasteiger partial charge in [0.15, 0.2) is 0 Å². The van der Waals surface area contributed by atoms with Gasteiger partial charge >= 0.3 is 6.03 Å². The molecule has 0 aliphatic carbocycles. The number of amides is 2. The molecular formula is C18H18Cl2N2O2. The third kappa shape index (κ3) is 3.09. The number of aliphatic hydroxyl groups is 1. The van der Waals surface area contributed by atoms with Gasteiger partial charge in [0.1, 0.15) is 0 Å². The predicted octanol–water partition coefficient (Wildman–Crippen LogP) is 4.64. The van der Waals surface area contributed by atoms with Gasteiger partial charge in [-0.15, -0.1) is 0 Å². The number of hydrogen-bond acceptors (Lipinski definition) is 2. The number of nitrogens with zero attached hydrogens (tertiary/aromatic N) is 1. The van der Waals surface area contributed by atoms with Gasteiger partial charge in [0.25, 0.3) is 0 Å². The molecule has 0 saturated heterocycles. The van der Waals surface area contributed by atoms with Crippen LogP contribution in [0, 0.1) is 0 Å². The number of aliphatic hydroxyl groups excluding tert-OH is 1. The third-order valence-corrected chi connectivity index (χ3v) is 5.09. The minimum absolute atomic E-state index is 0.0112. The highest BCUT2D eigenvalue weighted by Crippen LogP contribution is 2.34. The summed E-state index contributed by atoms with van der Waals surface area (Å²) >= 11 is 12.2. The normalized spacial score (nSPS) is 16.7. The van der Waals surface area contributed by atoms with Crippen molar-refractivity contribution < 1.29 is 9.90 Å². The van der Waals surface area contributed by atoms with Gasteiger partial charge < -0.3 is 15.3 Å². The van der Waals surface area contributed by atoms with Gasteiger partial charge in [-0.3, -0.25) is 0 Å². The SMILES string of the molecule is CC1c2cccc(CO)c2CCN1C(=O)Nc1c(Cl)cccc1Cl. The number of para-hydroxylation sites is 1. The Hall–Kier alpha value is -1.75. The fourth-order valence-electron chi connectivity index (χ4n) is 3.17. The molecule has 2 N–H and O–H groups in total. The highest BCUT2D eigenvalue weighted by Gasteiger charge is 2.29. The van der Waals surface area contributed by atoms with E-state index in [1.165, 1.54) is 0 Å². The van der Waals surface area contributed by atoms with E-state index in [0.29, 0.717) is 28.7 Å². The molecular weight excluding hydrogens is 347 g/mol. The second-order valence-electron chi connectivity index (χ2n) is 5.79. The van der Waals surface area contributed by atoms with Gasteiger partial charge in [-0.1, -0.05) is 47.5 Å². The summed E-state index contributed by atoms with van der Waals surface area (Å²) in [6.45, 7) is 2.56. The summed E-state index contributed by atoms with van der Waals surface area (Å²) in [6, 6.07) is 10.6. The second kappa shape index (κ2) is 7.01. The molecule has 1 aliphatic rings. The van der Waals surface area contributed by atoms with Crippen LogP contribution in [0.5, 0.6) is 0 Å². The maximum absolute atomic E-state index is 12.7. The van der Waals surface area contributed by atoms with Crippen molar-refractivity contribution in [2.45, 2.75) is 26.0 Å². The van der Waals surface area contributed by atoms with E-state index in [1.54, 1.807) is 23.1 Å². The van der Waals surface area contributed by atoms with E-state index in [2.05, 4.69) is 5.32 Å². The molecule has 24 heavy (non-hydrogen) atoms. The Morgan fingerprint density at radius 2 is 1.92 bits per heavy atom. The van der Waals surface area contributed by atoms with Gasteiger partial charge in [0, 0.05) is 6.54 Å². The lowest BCUT2D eigenvalue weighted by Gasteiger charge is -2.36. The number of carbonyl (C=O) groups excluding carboxylic acids is 1. The Bertz CT molecular complexity index is 759. The summed E-state index contributed by atoms with van der Waals surface area (Å²) in [6.07, 6.45) is 0.708. The lowest BCUT2D eigenvalue weighted by Crippen LogP contribution is -2.41. The minimum Gasteiger partial charge on any atom is -0.392 e. The molecule has 1 atom stereocenters. The van der Waals surface area contributed by atoms with Crippen LogP contribution in [0.25, 0.3) is 0 Å². The van der Waals surface area contributed by atoms with Crippen LogP contribution < -0.4 is 5.32 Å². The first-order valence-corrected chi connectivity index (χ1v) is 8.51. The standard InChI is InChI=1S/C18H18Cl2N2O2/c1-11-13-5-2-4-12(10-23)14(13)8-9-22(11)18(24)21-17-15(19)6-3-7-16(17)20/h2-7,11,23H,8-10H2,1H3,(H,21,24). The average Bonchev–Trinajstić information content (AvgIpc) is 2.58. The van der Waals surface area contributed by atoms with E-state index in [9.17, 15) is 9.90 Å². The average molecular weight is 365 g/mol. The molecule has 0 radical (unpaired) electrons. The molecule has 2 amide bonds. The predicted molar refractivity (Wildman–Crippen MR) is 96.7 cm³/mol. The van der Waals surface area contributed by atoms with Crippen LogP contribution in [0.2, 0.25) is 10.0 Å². The Morgan fingerprint density at radius 3 is 2.58 bits per heavy atom. The van der Waals surface area contributed by atoms with Crippen molar-refractivity contribution in [1.29, 1.82) is 0 Å². The molecule has 0 aromatic heterocycles. The van der Waals surface area contributed by atoms with Gasteiger partial charge in [-0.2, -0.15) is 0 Å². The largest absolute Gasteiger partial charge is 0.392 e. The number of carbonyl (C=O) groups is 1.